The van der Waals surface area contributed by atoms with E-state index in [1.807, 2.05) is 49.4 Å². The summed E-state index contributed by atoms with van der Waals surface area (Å²) in [5, 5.41) is 11.2. The third-order valence-electron chi connectivity index (χ3n) is 5.41. The maximum atomic E-state index is 13.5. The van der Waals surface area contributed by atoms with Gasteiger partial charge in [0.1, 0.15) is 6.54 Å². The minimum Gasteiger partial charge on any atom is -0.385 e. The molecule has 0 N–H and O–H groups in total. The Hall–Kier alpha value is -3.56. The number of carbonyl (C=O) groups excluding carboxylic acids is 2. The number of ether oxygens (including phenoxy) is 1. The van der Waals surface area contributed by atoms with Gasteiger partial charge in [0.15, 0.2) is 0 Å². The van der Waals surface area contributed by atoms with Crippen LogP contribution in [-0.4, -0.2) is 53.3 Å². The molecule has 2 amide bonds. The van der Waals surface area contributed by atoms with E-state index in [2.05, 4.69) is 0 Å². The van der Waals surface area contributed by atoms with Gasteiger partial charge >= 0.3 is 0 Å². The second-order valence-corrected chi connectivity index (χ2v) is 9.50. The van der Waals surface area contributed by atoms with E-state index in [-0.39, 0.29) is 23.7 Å². The van der Waals surface area contributed by atoms with Crippen LogP contribution in [0.1, 0.15) is 32.1 Å². The monoisotopic (exact) mass is 495 g/mol. The highest BCUT2D eigenvalue weighted by Gasteiger charge is 2.24. The van der Waals surface area contributed by atoms with Crippen molar-refractivity contribution in [2.75, 3.05) is 26.8 Å². The number of methoxy groups -OCH3 is 1. The number of benzene rings is 2. The summed E-state index contributed by atoms with van der Waals surface area (Å²) < 4.78 is 5.12. The zero-order valence-electron chi connectivity index (χ0n) is 19.9. The fourth-order valence-corrected chi connectivity index (χ4v) is 4.55. The molecule has 0 unspecified atom stereocenters. The Labute approximate surface area is 208 Å². The highest BCUT2D eigenvalue weighted by Crippen LogP contribution is 2.20. The van der Waals surface area contributed by atoms with Crippen LogP contribution in [-0.2, 0) is 22.6 Å². The lowest BCUT2D eigenvalue weighted by molar-refractivity contribution is -0.384. The van der Waals surface area contributed by atoms with E-state index in [0.717, 1.165) is 15.3 Å². The Morgan fingerprint density at radius 3 is 2.43 bits per heavy atom. The first-order chi connectivity index (χ1) is 16.9. The zero-order valence-corrected chi connectivity index (χ0v) is 20.7. The number of aryl methyl sites for hydroxylation is 1. The summed E-state index contributed by atoms with van der Waals surface area (Å²) in [6.45, 7) is 3.44. The summed E-state index contributed by atoms with van der Waals surface area (Å²) >= 11 is 1.63. The second-order valence-electron chi connectivity index (χ2n) is 8.13. The zero-order chi connectivity index (χ0) is 25.2. The van der Waals surface area contributed by atoms with Crippen LogP contribution in [0.2, 0.25) is 0 Å². The summed E-state index contributed by atoms with van der Waals surface area (Å²) in [7, 11) is 1.57. The Kier molecular flexibility index (Phi) is 9.51. The Balaban J connectivity index is 1.82. The first kappa shape index (κ1) is 26.1. The quantitative estimate of drug-likeness (QED) is 0.207. The van der Waals surface area contributed by atoms with Gasteiger partial charge in [-0.3, -0.25) is 19.7 Å². The third kappa shape index (κ3) is 7.73. The number of hydrogen-bond donors (Lipinski definition) is 0. The third-order valence-corrected chi connectivity index (χ3v) is 6.39. The van der Waals surface area contributed by atoms with Crippen molar-refractivity contribution >= 4 is 28.8 Å². The van der Waals surface area contributed by atoms with Crippen LogP contribution < -0.4 is 0 Å². The molecule has 0 aliphatic carbocycles. The van der Waals surface area contributed by atoms with Crippen molar-refractivity contribution in [1.82, 2.24) is 9.80 Å². The van der Waals surface area contributed by atoms with Crippen LogP contribution in [0.4, 0.5) is 5.69 Å². The smallest absolute Gasteiger partial charge is 0.270 e. The number of non-ortho nitro benzene ring substituents is 1. The van der Waals surface area contributed by atoms with Crippen molar-refractivity contribution in [3.63, 3.8) is 0 Å². The Bertz CT molecular complexity index is 1150. The minimum absolute atomic E-state index is 0.136. The summed E-state index contributed by atoms with van der Waals surface area (Å²) in [6, 6.07) is 19.3. The fourth-order valence-electron chi connectivity index (χ4n) is 3.64. The number of nitro benzene ring substituents is 1. The standard InChI is InChI=1S/C26H29N3O5S/c1-20-12-13-24(35-20)18-28(17-21-8-4-3-5-9-21)25(30)19-27(14-7-15-34-2)26(31)22-10-6-11-23(16-22)29(32)33/h3-6,8-13,16H,7,14-15,17-19H2,1-2H3. The number of nitro groups is 1. The van der Waals surface area contributed by atoms with Gasteiger partial charge in [-0.15, -0.1) is 11.3 Å². The number of amides is 2. The molecule has 0 saturated carbocycles. The molecule has 0 aliphatic rings. The van der Waals surface area contributed by atoms with Gasteiger partial charge in [0.25, 0.3) is 11.6 Å². The van der Waals surface area contributed by atoms with Crippen molar-refractivity contribution in [1.29, 1.82) is 0 Å². The molecule has 3 aromatic rings. The lowest BCUT2D eigenvalue weighted by Gasteiger charge is -2.28. The van der Waals surface area contributed by atoms with Crippen molar-refractivity contribution in [3.05, 3.63) is 97.7 Å². The molecule has 1 heterocycles. The van der Waals surface area contributed by atoms with Crippen molar-refractivity contribution < 1.29 is 19.2 Å². The van der Waals surface area contributed by atoms with Crippen molar-refractivity contribution in [3.8, 4) is 0 Å². The van der Waals surface area contributed by atoms with E-state index in [0.29, 0.717) is 32.7 Å². The van der Waals surface area contributed by atoms with Gasteiger partial charge in [-0.1, -0.05) is 36.4 Å². The molecule has 0 saturated heterocycles. The van der Waals surface area contributed by atoms with Gasteiger partial charge in [0.05, 0.1) is 11.5 Å². The van der Waals surface area contributed by atoms with Crippen LogP contribution >= 0.6 is 11.3 Å². The molecule has 0 radical (unpaired) electrons. The van der Waals surface area contributed by atoms with Gasteiger partial charge in [-0.2, -0.15) is 0 Å². The van der Waals surface area contributed by atoms with Gasteiger partial charge in [-0.05, 0) is 37.1 Å². The average molecular weight is 496 g/mol. The maximum absolute atomic E-state index is 13.5. The first-order valence-corrected chi connectivity index (χ1v) is 12.1. The molecule has 184 valence electrons. The van der Waals surface area contributed by atoms with Gasteiger partial charge in [-0.25, -0.2) is 0 Å². The topological polar surface area (TPSA) is 93.0 Å². The number of thiophene rings is 1. The summed E-state index contributed by atoms with van der Waals surface area (Å²) in [5.74, 6) is -0.624. The highest BCUT2D eigenvalue weighted by atomic mass is 32.1. The Morgan fingerprint density at radius 1 is 1.00 bits per heavy atom. The highest BCUT2D eigenvalue weighted by molar-refractivity contribution is 7.11. The summed E-state index contributed by atoms with van der Waals surface area (Å²) in [5.41, 5.74) is 0.996. The van der Waals surface area contributed by atoms with Crippen molar-refractivity contribution in [2.24, 2.45) is 0 Å². The van der Waals surface area contributed by atoms with Crippen LogP contribution in [0, 0.1) is 17.0 Å². The molecule has 2 aromatic carbocycles. The molecule has 0 atom stereocenters. The SMILES string of the molecule is COCCCN(CC(=O)N(Cc1ccccc1)Cc1ccc(C)s1)C(=O)c1cccc([N+](=O)[O-])c1. The Morgan fingerprint density at radius 2 is 1.77 bits per heavy atom. The summed E-state index contributed by atoms with van der Waals surface area (Å²) in [4.78, 5) is 42.8. The molecule has 8 nitrogen and oxygen atoms in total. The molecule has 35 heavy (non-hydrogen) atoms. The molecule has 0 bridgehead atoms. The minimum atomic E-state index is -0.540. The molecular formula is C26H29N3O5S. The number of nitrogens with zero attached hydrogens (tertiary/aromatic N) is 3. The van der Waals surface area contributed by atoms with E-state index in [1.165, 1.54) is 29.2 Å². The normalized spacial score (nSPS) is 10.7. The summed E-state index contributed by atoms with van der Waals surface area (Å²) in [6.07, 6.45) is 0.535. The fraction of sp³-hybridized carbons (Fsp3) is 0.308. The maximum Gasteiger partial charge on any atom is 0.270 e. The predicted molar refractivity (Wildman–Crippen MR) is 135 cm³/mol. The van der Waals surface area contributed by atoms with Crippen molar-refractivity contribution in [2.45, 2.75) is 26.4 Å². The van der Waals surface area contributed by atoms with Crippen LogP contribution in [0.5, 0.6) is 0 Å². The van der Waals surface area contributed by atoms with E-state index in [9.17, 15) is 19.7 Å². The molecule has 3 rings (SSSR count). The van der Waals surface area contributed by atoms with Crippen LogP contribution in [0.3, 0.4) is 0 Å². The van der Waals surface area contributed by atoms with Crippen LogP contribution in [0.15, 0.2) is 66.7 Å². The second kappa shape index (κ2) is 12.8. The largest absolute Gasteiger partial charge is 0.385 e. The molecular weight excluding hydrogens is 466 g/mol. The molecule has 0 aliphatic heterocycles. The molecule has 1 aromatic heterocycles. The average Bonchev–Trinajstić information content (AvgIpc) is 3.27. The lowest BCUT2D eigenvalue weighted by Crippen LogP contribution is -2.43. The number of rotatable bonds is 12. The van der Waals surface area contributed by atoms with Gasteiger partial charge in [0, 0.05) is 54.3 Å². The molecule has 0 spiro atoms. The van der Waals surface area contributed by atoms with Gasteiger partial charge < -0.3 is 14.5 Å². The van der Waals surface area contributed by atoms with E-state index in [1.54, 1.807) is 23.3 Å². The predicted octanol–water partition coefficient (Wildman–Crippen LogP) is 4.67. The molecule has 9 heteroatoms. The first-order valence-electron chi connectivity index (χ1n) is 11.3. The number of carbonyl (C=O) groups is 2. The van der Waals surface area contributed by atoms with E-state index >= 15 is 0 Å². The van der Waals surface area contributed by atoms with Gasteiger partial charge in [0.2, 0.25) is 5.91 Å². The number of hydrogen-bond acceptors (Lipinski definition) is 6. The van der Waals surface area contributed by atoms with E-state index < -0.39 is 10.8 Å². The van der Waals surface area contributed by atoms with Crippen LogP contribution in [0.25, 0.3) is 0 Å². The lowest BCUT2D eigenvalue weighted by atomic mass is 10.1. The molecule has 0 fully saturated rings. The van der Waals surface area contributed by atoms with E-state index in [4.69, 9.17) is 4.74 Å².